The number of aryl methyl sites for hydroxylation is 1. The summed E-state index contributed by atoms with van der Waals surface area (Å²) in [7, 11) is 0. The van der Waals surface area contributed by atoms with Crippen molar-refractivity contribution < 1.29 is 19.1 Å². The van der Waals surface area contributed by atoms with Crippen LogP contribution in [0.15, 0.2) is 46.9 Å². The lowest BCUT2D eigenvalue weighted by atomic mass is 9.96. The Hall–Kier alpha value is -3.81. The van der Waals surface area contributed by atoms with Gasteiger partial charge >= 0.3 is 17.8 Å². The fourth-order valence-corrected chi connectivity index (χ4v) is 5.16. The number of hydrogen-bond donors (Lipinski definition) is 2. The maximum absolute atomic E-state index is 12.2. The summed E-state index contributed by atoms with van der Waals surface area (Å²) in [6.07, 6.45) is 5.12. The summed E-state index contributed by atoms with van der Waals surface area (Å²) < 4.78 is 5.28. The molecule has 2 heterocycles. The number of anilines is 1. The summed E-state index contributed by atoms with van der Waals surface area (Å²) in [5, 5.41) is 18.0. The predicted octanol–water partition coefficient (Wildman–Crippen LogP) is 3.87. The van der Waals surface area contributed by atoms with E-state index in [4.69, 9.17) is 4.74 Å². The molecule has 4 rings (SSSR count). The maximum Gasteiger partial charge on any atom is 0.353 e. The number of thiophene rings is 2. The molecule has 0 aliphatic heterocycles. The number of carbonyl (C=O) groups excluding carboxylic acids is 3. The lowest BCUT2D eigenvalue weighted by molar-refractivity contribution is -0.136. The van der Waals surface area contributed by atoms with Gasteiger partial charge in [0.2, 0.25) is 0 Å². The van der Waals surface area contributed by atoms with Gasteiger partial charge in [0.15, 0.2) is 0 Å². The van der Waals surface area contributed by atoms with Crippen molar-refractivity contribution in [3.05, 3.63) is 68.2 Å². The third kappa shape index (κ3) is 5.34. The second-order valence-corrected chi connectivity index (χ2v) is 9.17. The number of nitrogens with one attached hydrogen (secondary N) is 2. The number of nitrogens with zero attached hydrogens (tertiary/aromatic N) is 2. The van der Waals surface area contributed by atoms with E-state index < -0.39 is 17.8 Å². The smallest absolute Gasteiger partial charge is 0.353 e. The highest BCUT2D eigenvalue weighted by atomic mass is 32.1. The number of hydrazone groups is 1. The summed E-state index contributed by atoms with van der Waals surface area (Å²) in [5.41, 5.74) is 4.22. The molecule has 2 amide bonds. The summed E-state index contributed by atoms with van der Waals surface area (Å²) in [4.78, 5) is 37.9. The van der Waals surface area contributed by atoms with Crippen LogP contribution in [0.5, 0.6) is 5.75 Å². The van der Waals surface area contributed by atoms with E-state index in [1.807, 2.05) is 0 Å². The van der Waals surface area contributed by atoms with Gasteiger partial charge in [-0.15, -0.1) is 22.7 Å². The summed E-state index contributed by atoms with van der Waals surface area (Å²) >= 11 is 2.64. The van der Waals surface area contributed by atoms with Gasteiger partial charge in [0.25, 0.3) is 0 Å². The second-order valence-electron chi connectivity index (χ2n) is 7.12. The van der Waals surface area contributed by atoms with Gasteiger partial charge in [-0.05, 0) is 72.5 Å². The van der Waals surface area contributed by atoms with Gasteiger partial charge in [-0.25, -0.2) is 10.2 Å². The highest BCUT2D eigenvalue weighted by molar-refractivity contribution is 7.16. The molecule has 0 saturated heterocycles. The number of benzene rings is 1. The first kappa shape index (κ1) is 22.4. The second kappa shape index (κ2) is 10.2. The molecule has 166 valence electrons. The molecule has 1 aliphatic carbocycles. The number of amides is 2. The minimum atomic E-state index is -0.942. The average Bonchev–Trinajstić information content (AvgIpc) is 3.48. The average molecular weight is 479 g/mol. The van der Waals surface area contributed by atoms with Crippen LogP contribution in [-0.2, 0) is 22.4 Å². The monoisotopic (exact) mass is 478 g/mol. The van der Waals surface area contributed by atoms with E-state index in [0.29, 0.717) is 26.8 Å². The Kier molecular flexibility index (Phi) is 6.92. The molecule has 33 heavy (non-hydrogen) atoms. The Morgan fingerprint density at radius 1 is 1.09 bits per heavy atom. The number of carbonyl (C=O) groups is 3. The first-order valence-corrected chi connectivity index (χ1v) is 11.8. The van der Waals surface area contributed by atoms with Crippen LogP contribution in [0.3, 0.4) is 0 Å². The molecule has 0 bridgehead atoms. The molecule has 2 aromatic heterocycles. The van der Waals surface area contributed by atoms with Gasteiger partial charge in [0.1, 0.15) is 21.7 Å². The zero-order valence-corrected chi connectivity index (χ0v) is 18.9. The van der Waals surface area contributed by atoms with Crippen molar-refractivity contribution in [3.8, 4) is 11.8 Å². The van der Waals surface area contributed by atoms with Gasteiger partial charge in [-0.1, -0.05) is 6.07 Å². The molecule has 0 radical (unpaired) electrons. The molecule has 1 aromatic carbocycles. The molecule has 0 atom stereocenters. The molecule has 0 spiro atoms. The van der Waals surface area contributed by atoms with E-state index in [-0.39, 0.29) is 0 Å². The lowest BCUT2D eigenvalue weighted by Crippen LogP contribution is -2.32. The molecule has 2 N–H and O–H groups in total. The Labute approximate surface area is 197 Å². The van der Waals surface area contributed by atoms with Crippen LogP contribution in [0.2, 0.25) is 0 Å². The van der Waals surface area contributed by atoms with Crippen LogP contribution in [0, 0.1) is 11.3 Å². The number of nitriles is 1. The predicted molar refractivity (Wildman–Crippen MR) is 126 cm³/mol. The Morgan fingerprint density at radius 2 is 1.88 bits per heavy atom. The van der Waals surface area contributed by atoms with E-state index in [1.54, 1.807) is 41.8 Å². The van der Waals surface area contributed by atoms with E-state index in [1.165, 1.54) is 28.9 Å². The zero-order chi connectivity index (χ0) is 23.2. The van der Waals surface area contributed by atoms with Crippen molar-refractivity contribution in [1.82, 2.24) is 5.43 Å². The van der Waals surface area contributed by atoms with Crippen molar-refractivity contribution >= 4 is 51.7 Å². The van der Waals surface area contributed by atoms with E-state index in [9.17, 15) is 19.6 Å². The first-order valence-electron chi connectivity index (χ1n) is 10.1. The molecule has 0 fully saturated rings. The Balaban J connectivity index is 1.31. The van der Waals surface area contributed by atoms with Crippen molar-refractivity contribution in [2.24, 2.45) is 5.10 Å². The quantitative estimate of drug-likeness (QED) is 0.190. The van der Waals surface area contributed by atoms with Gasteiger partial charge in [0.05, 0.1) is 11.8 Å². The number of ether oxygens (including phenoxy) is 1. The van der Waals surface area contributed by atoms with E-state index >= 15 is 0 Å². The van der Waals surface area contributed by atoms with Crippen LogP contribution in [0.1, 0.15) is 44.1 Å². The minimum Gasteiger partial charge on any atom is -0.422 e. The Bertz CT molecular complexity index is 1250. The van der Waals surface area contributed by atoms with Gasteiger partial charge in [-0.2, -0.15) is 10.4 Å². The molecule has 0 saturated carbocycles. The van der Waals surface area contributed by atoms with Crippen LogP contribution in [0.25, 0.3) is 0 Å². The normalized spacial score (nSPS) is 12.6. The maximum atomic E-state index is 12.2. The zero-order valence-electron chi connectivity index (χ0n) is 17.3. The lowest BCUT2D eigenvalue weighted by Gasteiger charge is -2.09. The van der Waals surface area contributed by atoms with Crippen molar-refractivity contribution in [3.63, 3.8) is 0 Å². The summed E-state index contributed by atoms with van der Waals surface area (Å²) in [6.45, 7) is 0. The van der Waals surface area contributed by atoms with Gasteiger partial charge in [-0.3, -0.25) is 9.59 Å². The molecular formula is C23H18N4O4S2. The van der Waals surface area contributed by atoms with Gasteiger partial charge in [0, 0.05) is 4.88 Å². The third-order valence-electron chi connectivity index (χ3n) is 4.91. The molecule has 0 unspecified atom stereocenters. The minimum absolute atomic E-state index is 0.376. The van der Waals surface area contributed by atoms with Gasteiger partial charge < -0.3 is 10.1 Å². The number of hydrogen-bond acceptors (Lipinski definition) is 8. The van der Waals surface area contributed by atoms with E-state index in [0.717, 1.165) is 36.1 Å². The van der Waals surface area contributed by atoms with Crippen LogP contribution in [0.4, 0.5) is 5.00 Å². The number of esters is 1. The molecular weight excluding hydrogens is 460 g/mol. The molecule has 3 aromatic rings. The summed E-state index contributed by atoms with van der Waals surface area (Å²) in [5.74, 6) is -1.89. The fourth-order valence-electron chi connectivity index (χ4n) is 3.32. The van der Waals surface area contributed by atoms with Crippen LogP contribution < -0.4 is 15.5 Å². The molecule has 1 aliphatic rings. The highest BCUT2D eigenvalue weighted by Gasteiger charge is 2.23. The number of fused-ring (bicyclic) bond motifs is 1. The highest BCUT2D eigenvalue weighted by Crippen LogP contribution is 2.37. The largest absolute Gasteiger partial charge is 0.422 e. The van der Waals surface area contributed by atoms with Crippen molar-refractivity contribution in [2.45, 2.75) is 25.7 Å². The van der Waals surface area contributed by atoms with Crippen molar-refractivity contribution in [2.75, 3.05) is 5.32 Å². The first-order chi connectivity index (χ1) is 16.0. The van der Waals surface area contributed by atoms with Crippen LogP contribution >= 0.6 is 22.7 Å². The topological polar surface area (TPSA) is 121 Å². The van der Waals surface area contributed by atoms with Crippen LogP contribution in [-0.4, -0.2) is 24.0 Å². The molecule has 8 nitrogen and oxygen atoms in total. The SMILES string of the molecule is N#Cc1c(NC(=O)C(=O)NN=Cc2ccc(OC(=O)c3cccs3)cc2)sc2c1CCCC2. The van der Waals surface area contributed by atoms with E-state index in [2.05, 4.69) is 21.9 Å². The fraction of sp³-hybridized carbons (Fsp3) is 0.174. The standard InChI is InChI=1S/C23H18N4O4S2/c24-12-17-16-4-1-2-5-18(16)33-22(17)26-20(28)21(29)27-25-13-14-7-9-15(10-8-14)31-23(30)19-6-3-11-32-19/h3,6-11,13H,1-2,4-5H2,(H,26,28)(H,27,29). The Morgan fingerprint density at radius 3 is 2.61 bits per heavy atom. The van der Waals surface area contributed by atoms with Crippen molar-refractivity contribution in [1.29, 1.82) is 5.26 Å². The number of rotatable bonds is 5. The molecule has 10 heteroatoms. The third-order valence-corrected chi connectivity index (χ3v) is 6.97. The summed E-state index contributed by atoms with van der Waals surface area (Å²) in [6, 6.07) is 12.1.